The number of rotatable bonds is 5. The van der Waals surface area contributed by atoms with Crippen molar-refractivity contribution >= 4 is 21.1 Å². The summed E-state index contributed by atoms with van der Waals surface area (Å²) in [5.74, 6) is 0. The molecule has 0 bridgehead atoms. The average Bonchev–Trinajstić information content (AvgIpc) is 2.80. The summed E-state index contributed by atoms with van der Waals surface area (Å²) >= 11 is 0. The molecule has 6 nitrogen and oxygen atoms in total. The van der Waals surface area contributed by atoms with Gasteiger partial charge in [-0.25, -0.2) is 17.9 Å². The Balaban J connectivity index is 1.81. The van der Waals surface area contributed by atoms with Crippen LogP contribution in [0.5, 0.6) is 0 Å². The van der Waals surface area contributed by atoms with Crippen LogP contribution in [0.15, 0.2) is 52.2 Å². The highest BCUT2D eigenvalue weighted by molar-refractivity contribution is 7.89. The molecule has 0 aliphatic rings. The van der Waals surface area contributed by atoms with Crippen molar-refractivity contribution in [3.05, 3.63) is 64.1 Å². The third-order valence-electron chi connectivity index (χ3n) is 4.30. The second-order valence-corrected chi connectivity index (χ2v) is 7.88. The largest absolute Gasteiger partial charge is 0.328 e. The lowest BCUT2D eigenvalue weighted by atomic mass is 10.2. The molecule has 25 heavy (non-hydrogen) atoms. The average molecular weight is 359 g/mol. The van der Waals surface area contributed by atoms with Gasteiger partial charge in [-0.2, -0.15) is 0 Å². The molecule has 0 fully saturated rings. The van der Waals surface area contributed by atoms with E-state index in [2.05, 4.69) is 4.72 Å². The summed E-state index contributed by atoms with van der Waals surface area (Å²) in [4.78, 5) is 12.6. The number of hydrogen-bond donors (Lipinski definition) is 1. The van der Waals surface area contributed by atoms with Gasteiger partial charge in [-0.1, -0.05) is 29.8 Å². The second-order valence-electron chi connectivity index (χ2n) is 6.15. The third-order valence-corrected chi connectivity index (χ3v) is 5.92. The summed E-state index contributed by atoms with van der Waals surface area (Å²) in [5, 5.41) is 0. The number of nitrogens with one attached hydrogen (secondary N) is 1. The molecule has 0 aliphatic carbocycles. The SMILES string of the molecule is Cc1ccc(S(=O)(=O)NCCn2c(=O)n(C)c3ccccc32)c(C)c1. The van der Waals surface area contributed by atoms with E-state index in [9.17, 15) is 13.2 Å². The summed E-state index contributed by atoms with van der Waals surface area (Å²) in [7, 11) is -1.90. The Morgan fingerprint density at radius 3 is 2.40 bits per heavy atom. The summed E-state index contributed by atoms with van der Waals surface area (Å²) < 4.78 is 30.7. The number of imidazole rings is 1. The maximum absolute atomic E-state index is 12.5. The van der Waals surface area contributed by atoms with Crippen molar-refractivity contribution < 1.29 is 8.42 Å². The van der Waals surface area contributed by atoms with E-state index in [-0.39, 0.29) is 23.7 Å². The second kappa shape index (κ2) is 6.50. The normalized spacial score (nSPS) is 12.0. The first kappa shape index (κ1) is 17.4. The molecular formula is C18H21N3O3S. The molecule has 1 N–H and O–H groups in total. The third kappa shape index (κ3) is 3.25. The highest BCUT2D eigenvalue weighted by Gasteiger charge is 2.17. The fraction of sp³-hybridized carbons (Fsp3) is 0.278. The van der Waals surface area contributed by atoms with Gasteiger partial charge in [0.1, 0.15) is 0 Å². The number of hydrogen-bond acceptors (Lipinski definition) is 3. The van der Waals surface area contributed by atoms with Crippen molar-refractivity contribution in [1.29, 1.82) is 0 Å². The predicted molar refractivity (Wildman–Crippen MR) is 98.3 cm³/mol. The van der Waals surface area contributed by atoms with Crippen molar-refractivity contribution in [2.75, 3.05) is 6.54 Å². The minimum atomic E-state index is -3.61. The monoisotopic (exact) mass is 359 g/mol. The van der Waals surface area contributed by atoms with Crippen LogP contribution in [0, 0.1) is 13.8 Å². The topological polar surface area (TPSA) is 73.1 Å². The zero-order valence-corrected chi connectivity index (χ0v) is 15.3. The van der Waals surface area contributed by atoms with E-state index < -0.39 is 10.0 Å². The van der Waals surface area contributed by atoms with Crippen LogP contribution in [-0.2, 0) is 23.6 Å². The zero-order valence-electron chi connectivity index (χ0n) is 14.5. The zero-order chi connectivity index (χ0) is 18.2. The van der Waals surface area contributed by atoms with Gasteiger partial charge in [-0.05, 0) is 37.6 Å². The fourth-order valence-corrected chi connectivity index (χ4v) is 4.30. The summed E-state index contributed by atoms with van der Waals surface area (Å²) in [5.41, 5.74) is 3.17. The number of para-hydroxylation sites is 2. The first-order valence-electron chi connectivity index (χ1n) is 8.02. The van der Waals surface area contributed by atoms with E-state index in [0.29, 0.717) is 5.56 Å². The van der Waals surface area contributed by atoms with Crippen LogP contribution < -0.4 is 10.4 Å². The number of aryl methyl sites for hydroxylation is 3. The van der Waals surface area contributed by atoms with E-state index in [0.717, 1.165) is 16.6 Å². The van der Waals surface area contributed by atoms with Crippen LogP contribution >= 0.6 is 0 Å². The van der Waals surface area contributed by atoms with Crippen molar-refractivity contribution in [2.24, 2.45) is 7.05 Å². The number of nitrogens with zero attached hydrogens (tertiary/aromatic N) is 2. The molecule has 2 aromatic carbocycles. The lowest BCUT2D eigenvalue weighted by molar-refractivity contribution is 0.570. The van der Waals surface area contributed by atoms with Crippen LogP contribution in [0.3, 0.4) is 0 Å². The van der Waals surface area contributed by atoms with Gasteiger partial charge in [-0.15, -0.1) is 0 Å². The molecule has 3 rings (SSSR count). The molecule has 0 amide bonds. The Bertz CT molecular complexity index is 1090. The van der Waals surface area contributed by atoms with Crippen LogP contribution in [0.2, 0.25) is 0 Å². The Labute approximate surface area is 146 Å². The predicted octanol–water partition coefficient (Wildman–Crippen LogP) is 1.94. The van der Waals surface area contributed by atoms with Crippen molar-refractivity contribution in [3.8, 4) is 0 Å². The number of fused-ring (bicyclic) bond motifs is 1. The summed E-state index contributed by atoms with van der Waals surface area (Å²) in [6.07, 6.45) is 0. The van der Waals surface area contributed by atoms with Gasteiger partial charge >= 0.3 is 5.69 Å². The van der Waals surface area contributed by atoms with Gasteiger partial charge in [0.15, 0.2) is 0 Å². The molecule has 3 aromatic rings. The van der Waals surface area contributed by atoms with Crippen LogP contribution in [-0.4, -0.2) is 24.1 Å². The molecular weight excluding hydrogens is 338 g/mol. The highest BCUT2D eigenvalue weighted by Crippen LogP contribution is 2.16. The molecule has 7 heteroatoms. The van der Waals surface area contributed by atoms with E-state index >= 15 is 0 Å². The highest BCUT2D eigenvalue weighted by atomic mass is 32.2. The van der Waals surface area contributed by atoms with Gasteiger partial charge in [0.2, 0.25) is 10.0 Å². The molecule has 1 heterocycles. The lowest BCUT2D eigenvalue weighted by Crippen LogP contribution is -2.31. The molecule has 1 aromatic heterocycles. The Morgan fingerprint density at radius 1 is 1.04 bits per heavy atom. The van der Waals surface area contributed by atoms with Gasteiger partial charge in [-0.3, -0.25) is 9.13 Å². The lowest BCUT2D eigenvalue weighted by Gasteiger charge is -2.10. The minimum absolute atomic E-state index is 0.142. The first-order valence-corrected chi connectivity index (χ1v) is 9.51. The molecule has 0 saturated heterocycles. The molecule has 132 valence electrons. The molecule has 0 aliphatic heterocycles. The van der Waals surface area contributed by atoms with Gasteiger partial charge in [0.05, 0.1) is 15.9 Å². The minimum Gasteiger partial charge on any atom is -0.295 e. The molecule has 0 saturated carbocycles. The Morgan fingerprint density at radius 2 is 1.72 bits per heavy atom. The van der Waals surface area contributed by atoms with Crippen molar-refractivity contribution in [1.82, 2.24) is 13.9 Å². The molecule has 0 unspecified atom stereocenters. The van der Waals surface area contributed by atoms with Gasteiger partial charge < -0.3 is 0 Å². The van der Waals surface area contributed by atoms with E-state index in [1.165, 1.54) is 0 Å². The molecule has 0 atom stereocenters. The molecule has 0 radical (unpaired) electrons. The number of sulfonamides is 1. The van der Waals surface area contributed by atoms with E-state index in [1.807, 2.05) is 37.3 Å². The quantitative estimate of drug-likeness (QED) is 0.757. The smallest absolute Gasteiger partial charge is 0.295 e. The van der Waals surface area contributed by atoms with E-state index in [1.54, 1.807) is 35.2 Å². The van der Waals surface area contributed by atoms with Gasteiger partial charge in [0, 0.05) is 20.1 Å². The first-order chi connectivity index (χ1) is 11.8. The number of benzene rings is 2. The van der Waals surface area contributed by atoms with E-state index in [4.69, 9.17) is 0 Å². The Hall–Kier alpha value is -2.38. The van der Waals surface area contributed by atoms with Crippen molar-refractivity contribution in [2.45, 2.75) is 25.3 Å². The molecule has 0 spiro atoms. The summed E-state index contributed by atoms with van der Waals surface area (Å²) in [6.45, 7) is 4.11. The van der Waals surface area contributed by atoms with Gasteiger partial charge in [0.25, 0.3) is 0 Å². The summed E-state index contributed by atoms with van der Waals surface area (Å²) in [6, 6.07) is 12.7. The maximum Gasteiger partial charge on any atom is 0.328 e. The van der Waals surface area contributed by atoms with Crippen LogP contribution in [0.1, 0.15) is 11.1 Å². The van der Waals surface area contributed by atoms with Crippen LogP contribution in [0.4, 0.5) is 0 Å². The van der Waals surface area contributed by atoms with Crippen LogP contribution in [0.25, 0.3) is 11.0 Å². The maximum atomic E-state index is 12.5. The van der Waals surface area contributed by atoms with Crippen molar-refractivity contribution in [3.63, 3.8) is 0 Å². The number of aromatic nitrogens is 2. The Kier molecular flexibility index (Phi) is 4.53. The standard InChI is InChI=1S/C18H21N3O3S/c1-13-8-9-17(14(2)12-13)25(23,24)19-10-11-21-16-7-5-4-6-15(16)20(3)18(21)22/h4-9,12,19H,10-11H2,1-3H3. The fourth-order valence-electron chi connectivity index (χ4n) is 3.05.